The van der Waals surface area contributed by atoms with E-state index in [1.54, 1.807) is 6.08 Å². The van der Waals surface area contributed by atoms with Gasteiger partial charge in [0.1, 0.15) is 23.6 Å². The van der Waals surface area contributed by atoms with Gasteiger partial charge in [0.25, 0.3) is 0 Å². The Morgan fingerprint density at radius 1 is 0.795 bits per heavy atom. The summed E-state index contributed by atoms with van der Waals surface area (Å²) in [5, 5.41) is 76.3. The fourth-order valence-corrected chi connectivity index (χ4v) is 26.0. The van der Waals surface area contributed by atoms with Crippen LogP contribution in [0.5, 0.6) is 0 Å². The van der Waals surface area contributed by atoms with E-state index < -0.39 is 92.3 Å². The molecule has 25 atom stereocenters. The van der Waals surface area contributed by atoms with E-state index in [9.17, 15) is 15.0 Å². The summed E-state index contributed by atoms with van der Waals surface area (Å²) < 4.78 is 14.6. The third-order valence-corrected chi connectivity index (χ3v) is 29.3. The number of hydrogen-bond acceptors (Lipinski definition) is 10. The van der Waals surface area contributed by atoms with Crippen molar-refractivity contribution in [2.45, 2.75) is 208 Å². The van der Waals surface area contributed by atoms with E-state index in [4.69, 9.17) is 9.47 Å². The predicted molar refractivity (Wildman–Crippen MR) is 333 cm³/mol. The molecule has 15 aliphatic rings. The van der Waals surface area contributed by atoms with Gasteiger partial charge in [0, 0.05) is 69.9 Å². The van der Waals surface area contributed by atoms with Gasteiger partial charge in [0.15, 0.2) is 0 Å². The van der Waals surface area contributed by atoms with Crippen LogP contribution in [0, 0.1) is 128 Å². The molecule has 18 rings (SSSR count). The first kappa shape index (κ1) is 57.3. The average molecular weight is 1190 g/mol. The molecule has 9 saturated carbocycles. The van der Waals surface area contributed by atoms with E-state index in [0.29, 0.717) is 63.2 Å². The number of ether oxygens (including phenoxy) is 2. The van der Waals surface area contributed by atoms with Crippen molar-refractivity contribution in [1.82, 2.24) is 5.32 Å². The van der Waals surface area contributed by atoms with Gasteiger partial charge in [-0.25, -0.2) is 4.79 Å². The number of rotatable bonds is 5. The maximum Gasteiger partial charge on any atom is 0.331 e. The van der Waals surface area contributed by atoms with Crippen LogP contribution < -0.4 is 5.32 Å². The Labute approximate surface area is 521 Å². The second kappa shape index (κ2) is 20.4. The molecule has 10 nitrogen and oxygen atoms in total. The molecule has 3 aliphatic heterocycles. The molecule has 3 aromatic rings. The molecule has 464 valence electrons. The molecule has 10 fully saturated rings. The van der Waals surface area contributed by atoms with Crippen LogP contribution in [0.2, 0.25) is 0 Å². The summed E-state index contributed by atoms with van der Waals surface area (Å²) in [4.78, 5) is 30.6. The number of carbonyl (C=O) groups is 2. The van der Waals surface area contributed by atoms with Crippen molar-refractivity contribution in [3.8, 4) is 23.7 Å². The highest BCUT2D eigenvalue weighted by Crippen LogP contribution is 2.82. The summed E-state index contributed by atoms with van der Waals surface area (Å²) in [5.41, 5.74) is -2.72. The molecule has 3 heterocycles. The molecule has 0 amide bonds. The number of esters is 1. The Balaban J connectivity index is 0.918. The summed E-state index contributed by atoms with van der Waals surface area (Å²) >= 11 is 0. The van der Waals surface area contributed by atoms with Crippen molar-refractivity contribution in [2.75, 3.05) is 7.05 Å². The second-order valence-electron chi connectivity index (χ2n) is 32.5. The molecule has 15 bridgehead atoms. The molecule has 6 N–H and O–H groups in total. The molecule has 3 aromatic carbocycles. The van der Waals surface area contributed by atoms with Crippen molar-refractivity contribution in [1.29, 1.82) is 0 Å². The summed E-state index contributed by atoms with van der Waals surface area (Å²) in [6.07, 6.45) is 17.0. The predicted octanol–water partition coefficient (Wildman–Crippen LogP) is 10.2. The minimum atomic E-state index is -2.35. The number of likely N-dealkylation sites (N-methyl/N-ethyl adjacent to an activating group) is 1. The maximum absolute atomic E-state index is 16.2. The number of fused-ring (bicyclic) bond motifs is 10. The van der Waals surface area contributed by atoms with Gasteiger partial charge in [0.05, 0.1) is 35.9 Å². The van der Waals surface area contributed by atoms with E-state index in [1.165, 1.54) is 16.7 Å². The molecule has 1 saturated heterocycles. The summed E-state index contributed by atoms with van der Waals surface area (Å²) in [6, 6.07) is 26.0. The summed E-state index contributed by atoms with van der Waals surface area (Å²) in [5.74, 6) is 12.9. The van der Waals surface area contributed by atoms with Crippen molar-refractivity contribution in [3.05, 3.63) is 118 Å². The Morgan fingerprint density at radius 3 is 2.40 bits per heavy atom. The van der Waals surface area contributed by atoms with Crippen LogP contribution in [0.25, 0.3) is 0 Å². The first-order chi connectivity index (χ1) is 42.6. The van der Waals surface area contributed by atoms with Gasteiger partial charge in [-0.3, -0.25) is 0 Å². The molecule has 12 aliphatic carbocycles. The van der Waals surface area contributed by atoms with Gasteiger partial charge < -0.3 is 45.1 Å². The molecular formula is C78H93NO9. The molecule has 3 spiro atoms. The van der Waals surface area contributed by atoms with E-state index in [0.717, 1.165) is 118 Å². The lowest BCUT2D eigenvalue weighted by Crippen LogP contribution is -2.88. The number of aldehydes is 1. The Bertz CT molecular complexity index is 3480. The zero-order chi connectivity index (χ0) is 59.9. The van der Waals surface area contributed by atoms with Gasteiger partial charge in [-0.1, -0.05) is 104 Å². The van der Waals surface area contributed by atoms with Crippen LogP contribution >= 0.6 is 0 Å². The molecule has 10 heteroatoms. The lowest BCUT2D eigenvalue weighted by Gasteiger charge is -2.76. The molecule has 25 unspecified atom stereocenters. The van der Waals surface area contributed by atoms with Crippen LogP contribution in [-0.2, 0) is 51.4 Å². The largest absolute Gasteiger partial charge is 0.454 e. The van der Waals surface area contributed by atoms with Crippen molar-refractivity contribution >= 4 is 12.3 Å². The van der Waals surface area contributed by atoms with E-state index in [2.05, 4.69) is 96.6 Å². The van der Waals surface area contributed by atoms with Gasteiger partial charge in [-0.05, 0) is 228 Å². The molecule has 88 heavy (non-hydrogen) atoms. The highest BCUT2D eigenvalue weighted by Gasteiger charge is 2.89. The van der Waals surface area contributed by atoms with Crippen LogP contribution in [-0.4, -0.2) is 92.1 Å². The number of aliphatic hydroxyl groups excluding tert-OH is 2. The number of carbonyl (C=O) groups excluding carboxylic acids is 2. The number of benzene rings is 3. The highest BCUT2D eigenvalue weighted by molar-refractivity contribution is 5.86. The lowest BCUT2D eigenvalue weighted by atomic mass is 9.30. The first-order valence-corrected chi connectivity index (χ1v) is 35.0. The third-order valence-electron chi connectivity index (χ3n) is 29.3. The first-order valence-electron chi connectivity index (χ1n) is 35.0. The monoisotopic (exact) mass is 1190 g/mol. The molecule has 0 aromatic heterocycles. The number of aliphatic hydroxyl groups is 5. The average Bonchev–Trinajstić information content (AvgIpc) is 1.15. The number of hydrogen-bond donors (Lipinski definition) is 6. The van der Waals surface area contributed by atoms with E-state index in [-0.39, 0.29) is 66.6 Å². The Hall–Kier alpha value is -4.62. The minimum absolute atomic E-state index is 0.0729. The zero-order valence-corrected chi connectivity index (χ0v) is 51.9. The van der Waals surface area contributed by atoms with Crippen LogP contribution in [0.4, 0.5) is 0 Å². The van der Waals surface area contributed by atoms with Gasteiger partial charge in [-0.15, -0.1) is 5.92 Å². The minimum Gasteiger partial charge on any atom is -0.454 e. The van der Waals surface area contributed by atoms with Gasteiger partial charge >= 0.3 is 5.97 Å². The second-order valence-corrected chi connectivity index (χ2v) is 32.5. The summed E-state index contributed by atoms with van der Waals surface area (Å²) in [6.45, 7) is 2.30. The smallest absolute Gasteiger partial charge is 0.331 e. The molecular weight excluding hydrogens is 1090 g/mol. The highest BCUT2D eigenvalue weighted by atomic mass is 16.5. The van der Waals surface area contributed by atoms with Crippen LogP contribution in [0.1, 0.15) is 162 Å². The van der Waals surface area contributed by atoms with Crippen molar-refractivity contribution < 1.29 is 44.6 Å². The van der Waals surface area contributed by atoms with E-state index in [1.807, 2.05) is 19.2 Å². The van der Waals surface area contributed by atoms with Crippen molar-refractivity contribution in [2.24, 2.45) is 105 Å². The fraction of sp³-hybridized carbons (Fsp3) is 0.667. The quantitative estimate of drug-likeness (QED) is 0.0823. The fourth-order valence-electron chi connectivity index (χ4n) is 26.0. The number of nitrogens with one attached hydrogen (secondary N) is 1. The summed E-state index contributed by atoms with van der Waals surface area (Å²) in [7, 11) is 1.96. The van der Waals surface area contributed by atoms with Gasteiger partial charge in [-0.2, -0.15) is 0 Å². The molecule has 0 radical (unpaired) electrons. The normalized spacial score (nSPS) is 48.4. The topological polar surface area (TPSA) is 166 Å². The maximum atomic E-state index is 16.2. The third kappa shape index (κ3) is 7.82. The zero-order valence-electron chi connectivity index (χ0n) is 51.9. The SMILES string of the molecule is CNC1Cc2c(cccc2CO)C#CC2(CCCC2)CC23CC4C#CCC(Cc5ccccc5)C5CC6CC7Cc8cccc(c8)CC8CCC(C8)C(C)C8CCC9C(O7)C6(C5)CC5(C=O)C4C(O)(C(O)C(C8)C95O)C2(O)CC2CC1C1OC(=O)C=C1C23. The van der Waals surface area contributed by atoms with E-state index >= 15 is 20.1 Å². The standard InChI is InChI=1S/C78H93NO9/c1-45-51-20-19-49(30-51)28-47-13-8-14-48(27-47)31-59-35-58-32-56-38-73(58)43-75(44-81)69-54(17-10-16-53(56)29-46-11-4-3-5-12-46)39-74-42-72(24-6-7-25-72)26-23-50-15-9-18-55(41-80)60(50)36-65(79-2)61-33-57(67(74)62-37-66(82)88-68(61)62)40-76(74,84)78(69,86)70(83)64-34-52(45)21-22-63(71(73)87-59)77(64,75)85/h3-5,8-9,11-15,18,27,37,44-45,49,51-54,56-59,61,63-65,67-71,79-80,83-86H,6-7,16,19-22,24-25,28-36,38-43H2,1-2H3. The van der Waals surface area contributed by atoms with Crippen molar-refractivity contribution in [3.63, 3.8) is 0 Å². The van der Waals surface area contributed by atoms with Crippen LogP contribution in [0.15, 0.2) is 84.4 Å². The Morgan fingerprint density at radius 2 is 1.59 bits per heavy atom. The Kier molecular flexibility index (Phi) is 13.3. The van der Waals surface area contributed by atoms with Crippen LogP contribution in [0.3, 0.4) is 0 Å². The lowest BCUT2D eigenvalue weighted by molar-refractivity contribution is -0.398. The van der Waals surface area contributed by atoms with Gasteiger partial charge in [0.2, 0.25) is 0 Å².